The number of nitrogens with one attached hydrogen (secondary N) is 2. The number of nitrogens with zero attached hydrogens (tertiary/aromatic N) is 1. The van der Waals surface area contributed by atoms with E-state index in [2.05, 4.69) is 28.8 Å². The Labute approximate surface area is 107 Å². The Morgan fingerprint density at radius 3 is 3.00 bits per heavy atom. The summed E-state index contributed by atoms with van der Waals surface area (Å²) < 4.78 is 0. The second-order valence-electron chi connectivity index (χ2n) is 4.68. The predicted octanol–water partition coefficient (Wildman–Crippen LogP) is 0.977. The van der Waals surface area contributed by atoms with Crippen LogP contribution in [-0.2, 0) is 17.8 Å². The van der Waals surface area contributed by atoms with Gasteiger partial charge in [-0.15, -0.1) is 0 Å². The molecule has 1 heterocycles. The summed E-state index contributed by atoms with van der Waals surface area (Å²) in [6.07, 6.45) is 0.711. The zero-order valence-corrected chi connectivity index (χ0v) is 10.4. The van der Waals surface area contributed by atoms with Crippen LogP contribution in [0, 0.1) is 17.2 Å². The van der Waals surface area contributed by atoms with Gasteiger partial charge in [0.15, 0.2) is 0 Å². The van der Waals surface area contributed by atoms with Gasteiger partial charge in [-0.25, -0.2) is 0 Å². The fourth-order valence-corrected chi connectivity index (χ4v) is 2.06. The van der Waals surface area contributed by atoms with Gasteiger partial charge in [-0.2, -0.15) is 5.26 Å². The van der Waals surface area contributed by atoms with Gasteiger partial charge < -0.3 is 10.6 Å². The lowest BCUT2D eigenvalue weighted by Crippen LogP contribution is -2.48. The molecular formula is C14H17N3O. The zero-order chi connectivity index (χ0) is 13.0. The summed E-state index contributed by atoms with van der Waals surface area (Å²) in [5.41, 5.74) is 2.48. The van der Waals surface area contributed by atoms with E-state index in [4.69, 9.17) is 5.26 Å². The van der Waals surface area contributed by atoms with Gasteiger partial charge in [-0.3, -0.25) is 4.79 Å². The molecule has 1 amide bonds. The molecular weight excluding hydrogens is 226 g/mol. The van der Waals surface area contributed by atoms with Crippen molar-refractivity contribution in [2.45, 2.75) is 25.9 Å². The molecule has 4 heteroatoms. The Morgan fingerprint density at radius 2 is 2.28 bits per heavy atom. The van der Waals surface area contributed by atoms with E-state index in [0.717, 1.165) is 6.54 Å². The summed E-state index contributed by atoms with van der Waals surface area (Å²) in [5.74, 6) is -0.170. The minimum absolute atomic E-state index is 0.0217. The standard InChI is InChI=1S/C14H17N3O/c1-10(7-15)8-17-14(18)13-6-11-4-2-3-5-12(11)9-16-13/h2-5,10,13,16H,6,8-9H2,1H3,(H,17,18). The molecule has 4 nitrogen and oxygen atoms in total. The van der Waals surface area contributed by atoms with Crippen LogP contribution < -0.4 is 10.6 Å². The van der Waals surface area contributed by atoms with Crippen LogP contribution in [0.5, 0.6) is 0 Å². The fourth-order valence-electron chi connectivity index (χ4n) is 2.06. The van der Waals surface area contributed by atoms with Gasteiger partial charge in [0.05, 0.1) is 18.0 Å². The molecule has 2 unspecified atom stereocenters. The molecule has 18 heavy (non-hydrogen) atoms. The van der Waals surface area contributed by atoms with Crippen molar-refractivity contribution >= 4 is 5.91 Å². The molecule has 0 bridgehead atoms. The first-order chi connectivity index (χ1) is 8.70. The monoisotopic (exact) mass is 243 g/mol. The molecule has 2 atom stereocenters. The molecule has 1 aliphatic heterocycles. The van der Waals surface area contributed by atoms with Crippen molar-refractivity contribution in [1.82, 2.24) is 10.6 Å². The first-order valence-electron chi connectivity index (χ1n) is 6.18. The van der Waals surface area contributed by atoms with Crippen molar-refractivity contribution in [1.29, 1.82) is 5.26 Å². The number of benzene rings is 1. The highest BCUT2D eigenvalue weighted by molar-refractivity contribution is 5.82. The van der Waals surface area contributed by atoms with Crippen molar-refractivity contribution in [2.24, 2.45) is 5.92 Å². The van der Waals surface area contributed by atoms with E-state index in [-0.39, 0.29) is 17.9 Å². The van der Waals surface area contributed by atoms with E-state index < -0.39 is 0 Å². The first-order valence-corrected chi connectivity index (χ1v) is 6.18. The summed E-state index contributed by atoms with van der Waals surface area (Å²) >= 11 is 0. The number of hydrogen-bond acceptors (Lipinski definition) is 3. The Kier molecular flexibility index (Phi) is 3.96. The number of carbonyl (C=O) groups excluding carboxylic acids is 1. The fraction of sp³-hybridized carbons (Fsp3) is 0.429. The van der Waals surface area contributed by atoms with Crippen molar-refractivity contribution < 1.29 is 4.79 Å². The molecule has 0 fully saturated rings. The largest absolute Gasteiger partial charge is 0.353 e. The lowest BCUT2D eigenvalue weighted by Gasteiger charge is -2.25. The molecule has 1 aromatic rings. The number of carbonyl (C=O) groups is 1. The number of hydrogen-bond donors (Lipinski definition) is 2. The van der Waals surface area contributed by atoms with E-state index in [1.165, 1.54) is 11.1 Å². The van der Waals surface area contributed by atoms with Crippen LogP contribution in [0.2, 0.25) is 0 Å². The van der Waals surface area contributed by atoms with E-state index in [1.807, 2.05) is 12.1 Å². The molecule has 0 saturated carbocycles. The van der Waals surface area contributed by atoms with Crippen molar-refractivity contribution in [2.75, 3.05) is 6.54 Å². The van der Waals surface area contributed by atoms with Crippen LogP contribution in [0.25, 0.3) is 0 Å². The van der Waals surface area contributed by atoms with Gasteiger partial charge in [0.2, 0.25) is 5.91 Å². The summed E-state index contributed by atoms with van der Waals surface area (Å²) in [6, 6.07) is 10.1. The van der Waals surface area contributed by atoms with Gasteiger partial charge in [0.25, 0.3) is 0 Å². The number of rotatable bonds is 3. The second kappa shape index (κ2) is 5.65. The lowest BCUT2D eigenvalue weighted by atomic mass is 9.95. The predicted molar refractivity (Wildman–Crippen MR) is 68.6 cm³/mol. The Balaban J connectivity index is 1.93. The van der Waals surface area contributed by atoms with Crippen LogP contribution in [0.3, 0.4) is 0 Å². The van der Waals surface area contributed by atoms with Gasteiger partial charge >= 0.3 is 0 Å². The van der Waals surface area contributed by atoms with Crippen LogP contribution in [0.1, 0.15) is 18.1 Å². The molecule has 0 saturated heterocycles. The zero-order valence-electron chi connectivity index (χ0n) is 10.4. The highest BCUT2D eigenvalue weighted by Crippen LogP contribution is 2.16. The number of amides is 1. The summed E-state index contributed by atoms with van der Waals surface area (Å²) in [5, 5.41) is 14.7. The molecule has 1 aliphatic rings. The van der Waals surface area contributed by atoms with E-state index >= 15 is 0 Å². The Morgan fingerprint density at radius 1 is 1.56 bits per heavy atom. The molecule has 0 aliphatic carbocycles. The van der Waals surface area contributed by atoms with Crippen molar-refractivity contribution in [3.05, 3.63) is 35.4 Å². The molecule has 94 valence electrons. The topological polar surface area (TPSA) is 64.9 Å². The maximum Gasteiger partial charge on any atom is 0.237 e. The Bertz CT molecular complexity index is 478. The van der Waals surface area contributed by atoms with Gasteiger partial charge in [0, 0.05) is 13.1 Å². The molecule has 2 rings (SSSR count). The van der Waals surface area contributed by atoms with Crippen LogP contribution in [0.4, 0.5) is 0 Å². The average Bonchev–Trinajstić information content (AvgIpc) is 2.43. The summed E-state index contributed by atoms with van der Waals surface area (Å²) in [6.45, 7) is 2.93. The van der Waals surface area contributed by atoms with Gasteiger partial charge in [0.1, 0.15) is 0 Å². The number of fused-ring (bicyclic) bond motifs is 1. The maximum atomic E-state index is 11.9. The first kappa shape index (κ1) is 12.6. The normalized spacial score (nSPS) is 19.4. The Hall–Kier alpha value is -1.86. The third-order valence-electron chi connectivity index (χ3n) is 3.20. The van der Waals surface area contributed by atoms with Crippen LogP contribution in [0.15, 0.2) is 24.3 Å². The minimum Gasteiger partial charge on any atom is -0.353 e. The molecule has 0 radical (unpaired) electrons. The van der Waals surface area contributed by atoms with E-state index in [9.17, 15) is 4.79 Å². The SMILES string of the molecule is CC(C#N)CNC(=O)C1Cc2ccccc2CN1. The molecule has 0 spiro atoms. The highest BCUT2D eigenvalue weighted by atomic mass is 16.2. The number of nitriles is 1. The quantitative estimate of drug-likeness (QED) is 0.831. The van der Waals surface area contributed by atoms with Crippen molar-refractivity contribution in [3.8, 4) is 6.07 Å². The molecule has 2 N–H and O–H groups in total. The highest BCUT2D eigenvalue weighted by Gasteiger charge is 2.23. The minimum atomic E-state index is -0.189. The van der Waals surface area contributed by atoms with Crippen molar-refractivity contribution in [3.63, 3.8) is 0 Å². The average molecular weight is 243 g/mol. The van der Waals surface area contributed by atoms with Gasteiger partial charge in [-0.05, 0) is 24.5 Å². The molecule has 0 aromatic heterocycles. The van der Waals surface area contributed by atoms with Gasteiger partial charge in [-0.1, -0.05) is 24.3 Å². The second-order valence-corrected chi connectivity index (χ2v) is 4.68. The maximum absolute atomic E-state index is 11.9. The van der Waals surface area contributed by atoms with Crippen LogP contribution in [-0.4, -0.2) is 18.5 Å². The van der Waals surface area contributed by atoms with E-state index in [0.29, 0.717) is 13.0 Å². The van der Waals surface area contributed by atoms with E-state index in [1.54, 1.807) is 6.92 Å². The third kappa shape index (κ3) is 2.88. The summed E-state index contributed by atoms with van der Waals surface area (Å²) in [7, 11) is 0. The molecule has 1 aromatic carbocycles. The van der Waals surface area contributed by atoms with Crippen LogP contribution >= 0.6 is 0 Å². The smallest absolute Gasteiger partial charge is 0.237 e. The lowest BCUT2D eigenvalue weighted by molar-refractivity contribution is -0.123. The summed E-state index contributed by atoms with van der Waals surface area (Å²) in [4.78, 5) is 11.9. The third-order valence-corrected chi connectivity index (χ3v) is 3.20.